The van der Waals surface area contributed by atoms with Crippen LogP contribution in [0.3, 0.4) is 0 Å². The molecule has 1 aromatic rings. The van der Waals surface area contributed by atoms with E-state index in [2.05, 4.69) is 19.2 Å². The first kappa shape index (κ1) is 19.9. The van der Waals surface area contributed by atoms with Gasteiger partial charge in [-0.05, 0) is 55.7 Å². The molecule has 25 heavy (non-hydrogen) atoms. The molecule has 1 atom stereocenters. The molecule has 6 nitrogen and oxygen atoms in total. The SMILES string of the molecule is Cc1cc(C)c(S(N)(=O)=O)cc1C(=O)NC1(CO)CCCC(C)(C)C1. The van der Waals surface area contributed by atoms with Gasteiger partial charge in [-0.2, -0.15) is 0 Å². The third-order valence-corrected chi connectivity index (χ3v) is 6.13. The van der Waals surface area contributed by atoms with Crippen molar-refractivity contribution in [3.8, 4) is 0 Å². The molecule has 0 spiro atoms. The van der Waals surface area contributed by atoms with Gasteiger partial charge in [0.15, 0.2) is 0 Å². The molecule has 140 valence electrons. The summed E-state index contributed by atoms with van der Waals surface area (Å²) in [7, 11) is -3.91. The highest BCUT2D eigenvalue weighted by Crippen LogP contribution is 2.41. The standard InChI is InChI=1S/C18H28N2O4S/c1-12-8-13(2)15(25(19,23)24)9-14(12)16(22)20-18(11-21)7-5-6-17(3,4)10-18/h8-9,21H,5-7,10-11H2,1-4H3,(H,20,22)(H2,19,23,24). The van der Waals surface area contributed by atoms with Gasteiger partial charge in [0.05, 0.1) is 17.0 Å². The molecule has 0 saturated heterocycles. The van der Waals surface area contributed by atoms with Gasteiger partial charge in [0.2, 0.25) is 10.0 Å². The van der Waals surface area contributed by atoms with Crippen LogP contribution in [-0.4, -0.2) is 31.6 Å². The highest BCUT2D eigenvalue weighted by molar-refractivity contribution is 7.89. The van der Waals surface area contributed by atoms with Crippen LogP contribution >= 0.6 is 0 Å². The number of aliphatic hydroxyl groups excluding tert-OH is 1. The molecule has 1 saturated carbocycles. The quantitative estimate of drug-likeness (QED) is 0.755. The van der Waals surface area contributed by atoms with Gasteiger partial charge >= 0.3 is 0 Å². The number of carbonyl (C=O) groups excluding carboxylic acids is 1. The highest BCUT2D eigenvalue weighted by Gasteiger charge is 2.41. The number of nitrogens with two attached hydrogens (primary N) is 1. The molecular weight excluding hydrogens is 340 g/mol. The Labute approximate surface area is 149 Å². The minimum Gasteiger partial charge on any atom is -0.394 e. The van der Waals surface area contributed by atoms with E-state index in [0.717, 1.165) is 12.8 Å². The predicted octanol–water partition coefficient (Wildman–Crippen LogP) is 2.01. The number of hydrogen-bond donors (Lipinski definition) is 3. The fourth-order valence-corrected chi connectivity index (χ4v) is 4.76. The molecule has 1 aliphatic carbocycles. The first-order chi connectivity index (χ1) is 11.4. The Morgan fingerprint density at radius 3 is 2.40 bits per heavy atom. The number of sulfonamides is 1. The van der Waals surface area contributed by atoms with Crippen LogP contribution in [0.15, 0.2) is 17.0 Å². The van der Waals surface area contributed by atoms with Crippen molar-refractivity contribution in [2.24, 2.45) is 10.6 Å². The van der Waals surface area contributed by atoms with Crippen molar-refractivity contribution in [1.82, 2.24) is 5.32 Å². The lowest BCUT2D eigenvalue weighted by molar-refractivity contribution is 0.0520. The molecule has 4 N–H and O–H groups in total. The van der Waals surface area contributed by atoms with Gasteiger partial charge < -0.3 is 10.4 Å². The largest absolute Gasteiger partial charge is 0.394 e. The van der Waals surface area contributed by atoms with E-state index in [0.29, 0.717) is 24.0 Å². The summed E-state index contributed by atoms with van der Waals surface area (Å²) in [4.78, 5) is 12.8. The molecule has 1 aromatic carbocycles. The summed E-state index contributed by atoms with van der Waals surface area (Å²) in [5.74, 6) is -0.380. The molecule has 1 aliphatic rings. The average Bonchev–Trinajstić information content (AvgIpc) is 2.44. The lowest BCUT2D eigenvalue weighted by atomic mass is 9.68. The summed E-state index contributed by atoms with van der Waals surface area (Å²) < 4.78 is 23.5. The zero-order valence-corrected chi connectivity index (χ0v) is 16.2. The van der Waals surface area contributed by atoms with Crippen LogP contribution in [0.5, 0.6) is 0 Å². The van der Waals surface area contributed by atoms with E-state index in [1.54, 1.807) is 19.9 Å². The number of nitrogens with one attached hydrogen (secondary N) is 1. The van der Waals surface area contributed by atoms with E-state index in [1.807, 2.05) is 0 Å². The summed E-state index contributed by atoms with van der Waals surface area (Å²) in [6.07, 6.45) is 3.34. The first-order valence-corrected chi connectivity index (χ1v) is 10.0. The van der Waals surface area contributed by atoms with Gasteiger partial charge in [-0.1, -0.05) is 26.3 Å². The van der Waals surface area contributed by atoms with Crippen molar-refractivity contribution >= 4 is 15.9 Å². The van der Waals surface area contributed by atoms with Crippen molar-refractivity contribution in [3.05, 3.63) is 28.8 Å². The Bertz CT molecular complexity index is 787. The third-order valence-electron chi connectivity index (χ3n) is 5.08. The molecule has 1 fully saturated rings. The smallest absolute Gasteiger partial charge is 0.252 e. The molecule has 2 rings (SSSR count). The van der Waals surface area contributed by atoms with Crippen molar-refractivity contribution in [2.75, 3.05) is 6.61 Å². The number of amides is 1. The second-order valence-electron chi connectivity index (χ2n) is 8.06. The number of aryl methyl sites for hydroxylation is 2. The minimum absolute atomic E-state index is 0.0301. The Hall–Kier alpha value is -1.44. The third kappa shape index (κ3) is 4.40. The number of hydrogen-bond acceptors (Lipinski definition) is 4. The average molecular weight is 368 g/mol. The van der Waals surface area contributed by atoms with Gasteiger partial charge in [-0.3, -0.25) is 4.79 Å². The molecule has 0 radical (unpaired) electrons. The van der Waals surface area contributed by atoms with Crippen molar-refractivity contribution in [2.45, 2.75) is 63.8 Å². The summed E-state index contributed by atoms with van der Waals surface area (Å²) >= 11 is 0. The first-order valence-electron chi connectivity index (χ1n) is 8.47. The Morgan fingerprint density at radius 1 is 1.24 bits per heavy atom. The van der Waals surface area contributed by atoms with E-state index >= 15 is 0 Å². The lowest BCUT2D eigenvalue weighted by Gasteiger charge is -2.44. The topological polar surface area (TPSA) is 109 Å². The lowest BCUT2D eigenvalue weighted by Crippen LogP contribution is -2.55. The summed E-state index contributed by atoms with van der Waals surface area (Å²) in [5.41, 5.74) is 0.795. The highest BCUT2D eigenvalue weighted by atomic mass is 32.2. The normalized spacial score (nSPS) is 23.3. The molecular formula is C18H28N2O4S. The Morgan fingerprint density at radius 2 is 1.88 bits per heavy atom. The van der Waals surface area contributed by atoms with Crippen LogP contribution in [0, 0.1) is 19.3 Å². The molecule has 0 bridgehead atoms. The maximum Gasteiger partial charge on any atom is 0.252 e. The van der Waals surface area contributed by atoms with Gasteiger partial charge in [-0.15, -0.1) is 0 Å². The fourth-order valence-electron chi connectivity index (χ4n) is 3.97. The molecule has 0 aliphatic heterocycles. The minimum atomic E-state index is -3.91. The van der Waals surface area contributed by atoms with E-state index in [-0.39, 0.29) is 28.4 Å². The molecule has 7 heteroatoms. The number of rotatable bonds is 4. The monoisotopic (exact) mass is 368 g/mol. The van der Waals surface area contributed by atoms with Gasteiger partial charge in [-0.25, -0.2) is 13.6 Å². The van der Waals surface area contributed by atoms with Gasteiger partial charge in [0, 0.05) is 5.56 Å². The van der Waals surface area contributed by atoms with E-state index in [4.69, 9.17) is 5.14 Å². The van der Waals surface area contributed by atoms with Crippen molar-refractivity contribution in [3.63, 3.8) is 0 Å². The van der Waals surface area contributed by atoms with Crippen LogP contribution in [0.1, 0.15) is 61.0 Å². The second-order valence-corrected chi connectivity index (χ2v) is 9.59. The molecule has 1 amide bonds. The van der Waals surface area contributed by atoms with Crippen LogP contribution in [0.2, 0.25) is 0 Å². The maximum absolute atomic E-state index is 12.8. The van der Waals surface area contributed by atoms with Crippen LogP contribution < -0.4 is 10.5 Å². The molecule has 0 heterocycles. The fraction of sp³-hybridized carbons (Fsp3) is 0.611. The van der Waals surface area contributed by atoms with Crippen molar-refractivity contribution < 1.29 is 18.3 Å². The van der Waals surface area contributed by atoms with Crippen LogP contribution in [0.25, 0.3) is 0 Å². The number of benzene rings is 1. The van der Waals surface area contributed by atoms with Gasteiger partial charge in [0.25, 0.3) is 5.91 Å². The van der Waals surface area contributed by atoms with Crippen LogP contribution in [0.4, 0.5) is 0 Å². The van der Waals surface area contributed by atoms with E-state index < -0.39 is 15.6 Å². The predicted molar refractivity (Wildman–Crippen MR) is 96.8 cm³/mol. The molecule has 0 aromatic heterocycles. The van der Waals surface area contributed by atoms with E-state index in [1.165, 1.54) is 6.07 Å². The Kier molecular flexibility index (Phi) is 5.33. The number of carbonyl (C=O) groups is 1. The van der Waals surface area contributed by atoms with Crippen molar-refractivity contribution in [1.29, 1.82) is 0 Å². The maximum atomic E-state index is 12.8. The van der Waals surface area contributed by atoms with Gasteiger partial charge in [0.1, 0.15) is 0 Å². The van der Waals surface area contributed by atoms with Crippen LogP contribution in [-0.2, 0) is 10.0 Å². The second kappa shape index (κ2) is 6.70. The summed E-state index contributed by atoms with van der Waals surface area (Å²) in [5, 5.41) is 18.2. The Balaban J connectivity index is 2.37. The molecule has 1 unspecified atom stereocenters. The zero-order chi connectivity index (χ0) is 19.0. The number of aliphatic hydroxyl groups is 1. The zero-order valence-electron chi connectivity index (χ0n) is 15.3. The number of primary sulfonamides is 1. The summed E-state index contributed by atoms with van der Waals surface area (Å²) in [6, 6.07) is 2.97. The van der Waals surface area contributed by atoms with E-state index in [9.17, 15) is 18.3 Å². The summed E-state index contributed by atoms with van der Waals surface area (Å²) in [6.45, 7) is 7.51.